The Labute approximate surface area is 274 Å². The van der Waals surface area contributed by atoms with Crippen LogP contribution in [0.5, 0.6) is 0 Å². The number of ether oxygens (including phenoxy) is 1. The number of rotatable bonds is 9. The van der Waals surface area contributed by atoms with Gasteiger partial charge in [-0.3, -0.25) is 9.59 Å². The highest BCUT2D eigenvalue weighted by Crippen LogP contribution is 2.67. The number of benzene rings is 1. The van der Waals surface area contributed by atoms with Crippen LogP contribution in [0.1, 0.15) is 77.8 Å². The van der Waals surface area contributed by atoms with Crippen molar-refractivity contribution in [2.24, 2.45) is 16.7 Å². The molecule has 4 rings (SSSR count). The van der Waals surface area contributed by atoms with Gasteiger partial charge in [0.2, 0.25) is 0 Å². The molecule has 3 aliphatic rings. The molecule has 2 fully saturated rings. The van der Waals surface area contributed by atoms with Crippen LogP contribution in [0.2, 0.25) is 0 Å². The third kappa shape index (κ3) is 5.53. The number of aliphatic carboxylic acids is 2. The number of carboxylic acid groups (broad SMARTS) is 2. The van der Waals surface area contributed by atoms with Gasteiger partial charge in [0.15, 0.2) is 5.78 Å². The van der Waals surface area contributed by atoms with E-state index in [0.717, 1.165) is 5.56 Å². The summed E-state index contributed by atoms with van der Waals surface area (Å²) in [7, 11) is 3.60. The molecule has 0 saturated heterocycles. The van der Waals surface area contributed by atoms with Gasteiger partial charge in [0.05, 0.1) is 6.42 Å². The summed E-state index contributed by atoms with van der Waals surface area (Å²) in [4.78, 5) is 53.3. The Kier molecular flexibility index (Phi) is 9.48. The van der Waals surface area contributed by atoms with Crippen LogP contribution in [-0.4, -0.2) is 92.1 Å². The van der Waals surface area contributed by atoms with Crippen molar-refractivity contribution in [2.75, 3.05) is 14.1 Å². The molecule has 3 aliphatic carbocycles. The van der Waals surface area contributed by atoms with Gasteiger partial charge in [0, 0.05) is 54.0 Å². The lowest BCUT2D eigenvalue weighted by Gasteiger charge is -2.68. The Bertz CT molecular complexity index is 1500. The van der Waals surface area contributed by atoms with Crippen molar-refractivity contribution in [1.29, 1.82) is 0 Å². The first-order chi connectivity index (χ1) is 21.6. The minimum atomic E-state index is -2.86. The molecule has 0 heterocycles. The Morgan fingerprint density at radius 3 is 2.11 bits per heavy atom. The van der Waals surface area contributed by atoms with Crippen molar-refractivity contribution >= 4 is 23.7 Å². The monoisotopic (exact) mass is 655 g/mol. The van der Waals surface area contributed by atoms with Gasteiger partial charge in [-0.2, -0.15) is 0 Å². The minimum absolute atomic E-state index is 0.0577. The van der Waals surface area contributed by atoms with Crippen molar-refractivity contribution in [2.45, 2.75) is 101 Å². The molecule has 0 aromatic heterocycles. The lowest BCUT2D eigenvalue weighted by Crippen LogP contribution is -2.78. The van der Waals surface area contributed by atoms with Crippen molar-refractivity contribution in [3.63, 3.8) is 0 Å². The number of esters is 1. The Hall–Kier alpha value is -3.42. The van der Waals surface area contributed by atoms with Gasteiger partial charge < -0.3 is 49.9 Å². The zero-order valence-electron chi connectivity index (χ0n) is 27.7. The zero-order valence-corrected chi connectivity index (χ0v) is 27.7. The van der Waals surface area contributed by atoms with Crippen molar-refractivity contribution in [3.8, 4) is 0 Å². The molecule has 47 heavy (non-hydrogen) atoms. The molecule has 12 heteroatoms. The second-order valence-electron chi connectivity index (χ2n) is 14.5. The summed E-state index contributed by atoms with van der Waals surface area (Å²) in [5.41, 5.74) is -11.5. The molecular formula is C35H45NO11-2. The van der Waals surface area contributed by atoms with Crippen molar-refractivity contribution < 1.29 is 54.6 Å². The van der Waals surface area contributed by atoms with E-state index in [2.05, 4.69) is 6.58 Å². The molecule has 2 saturated carbocycles. The van der Waals surface area contributed by atoms with Crippen LogP contribution < -0.4 is 10.2 Å². The van der Waals surface area contributed by atoms with E-state index in [-0.39, 0.29) is 42.0 Å². The quantitative estimate of drug-likeness (QED) is 0.200. The molecule has 0 spiro atoms. The Morgan fingerprint density at radius 1 is 1.02 bits per heavy atom. The first-order valence-corrected chi connectivity index (χ1v) is 15.7. The van der Waals surface area contributed by atoms with E-state index in [1.165, 1.54) is 27.7 Å². The smallest absolute Gasteiger partial charge is 0.308 e. The second-order valence-corrected chi connectivity index (χ2v) is 14.5. The molecule has 258 valence electrons. The average molecular weight is 656 g/mol. The largest absolute Gasteiger partial charge is 0.550 e. The summed E-state index contributed by atoms with van der Waals surface area (Å²) in [5.74, 6) is -6.73. The van der Waals surface area contributed by atoms with Crippen LogP contribution in [0.4, 0.5) is 0 Å². The average Bonchev–Trinajstić information content (AvgIpc) is 2.95. The molecule has 8 atom stereocenters. The van der Waals surface area contributed by atoms with E-state index < -0.39 is 88.7 Å². The molecule has 1 aromatic rings. The van der Waals surface area contributed by atoms with Gasteiger partial charge in [0.25, 0.3) is 0 Å². The zero-order chi connectivity index (χ0) is 35.5. The summed E-state index contributed by atoms with van der Waals surface area (Å²) >= 11 is 0. The van der Waals surface area contributed by atoms with E-state index in [0.29, 0.717) is 0 Å². The van der Waals surface area contributed by atoms with Gasteiger partial charge in [-0.25, -0.2) is 0 Å². The van der Waals surface area contributed by atoms with Gasteiger partial charge >= 0.3 is 5.97 Å². The van der Waals surface area contributed by atoms with E-state index in [1.54, 1.807) is 14.1 Å². The van der Waals surface area contributed by atoms with Gasteiger partial charge in [-0.1, -0.05) is 57.7 Å². The number of carbonyl (C=O) groups excluding carboxylic acids is 4. The van der Waals surface area contributed by atoms with Crippen LogP contribution in [0.25, 0.3) is 0 Å². The number of aliphatic hydroxyl groups is 4. The van der Waals surface area contributed by atoms with E-state index in [4.69, 9.17) is 4.74 Å². The lowest BCUT2D eigenvalue weighted by atomic mass is 9.40. The Morgan fingerprint density at radius 2 is 1.57 bits per heavy atom. The highest BCUT2D eigenvalue weighted by Gasteiger charge is 2.75. The molecule has 0 radical (unpaired) electrons. The van der Waals surface area contributed by atoms with Crippen LogP contribution in [0, 0.1) is 16.7 Å². The minimum Gasteiger partial charge on any atom is -0.550 e. The summed E-state index contributed by atoms with van der Waals surface area (Å²) < 4.78 is 5.90. The molecule has 12 nitrogen and oxygen atoms in total. The first-order valence-electron chi connectivity index (χ1n) is 15.7. The fraction of sp³-hybridized carbons (Fsp3) is 0.600. The normalized spacial score (nSPS) is 35.9. The molecule has 0 aliphatic heterocycles. The highest BCUT2D eigenvalue weighted by molar-refractivity contribution is 5.98. The summed E-state index contributed by atoms with van der Waals surface area (Å²) in [6.07, 6.45) is -6.85. The van der Waals surface area contributed by atoms with Crippen LogP contribution in [0.15, 0.2) is 53.6 Å². The molecule has 2 bridgehead atoms. The van der Waals surface area contributed by atoms with Crippen molar-refractivity contribution in [3.05, 3.63) is 59.2 Å². The molecular weight excluding hydrogens is 610 g/mol. The second kappa shape index (κ2) is 12.2. The summed E-state index contributed by atoms with van der Waals surface area (Å²) in [5, 5.41) is 74.3. The maximum atomic E-state index is 13.5. The maximum absolute atomic E-state index is 13.5. The number of allylic oxidation sites excluding steroid dienone is 1. The number of hydrogen-bond donors (Lipinski definition) is 4. The third-order valence-electron chi connectivity index (χ3n) is 11.5. The number of ketones is 1. The third-order valence-corrected chi connectivity index (χ3v) is 11.5. The van der Waals surface area contributed by atoms with Crippen LogP contribution >= 0.6 is 0 Å². The van der Waals surface area contributed by atoms with Crippen LogP contribution in [-0.2, 0) is 23.9 Å². The van der Waals surface area contributed by atoms with Gasteiger partial charge in [-0.05, 0) is 56.1 Å². The summed E-state index contributed by atoms with van der Waals surface area (Å²) in [6, 6.07) is 8.85. The molecule has 1 aromatic carbocycles. The Balaban J connectivity index is 1.90. The predicted octanol–water partition coefficient (Wildman–Crippen LogP) is -0.273. The number of carboxylic acids is 2. The molecule has 1 unspecified atom stereocenters. The first kappa shape index (κ1) is 36.4. The van der Waals surface area contributed by atoms with Crippen molar-refractivity contribution in [1.82, 2.24) is 4.90 Å². The number of fused-ring (bicyclic) bond motifs is 3. The summed E-state index contributed by atoms with van der Waals surface area (Å²) in [6.45, 7) is 9.55. The van der Waals surface area contributed by atoms with E-state index in [1.807, 2.05) is 35.2 Å². The lowest BCUT2D eigenvalue weighted by molar-refractivity contribution is -0.333. The number of hydrogen-bond acceptors (Lipinski definition) is 12. The number of Topliss-reactive ketones (excluding diaryl/α,β-unsaturated/α-hetero) is 1. The standard InChI is InChI=1S/C35H47NO11/c1-19-23(37)16-35(46)31(3,4)28(19)30(43)34(45,18-26(40)41)32(5)14-13-24(20(2)29(32)33(35,44)17-25(38)39)47-27(42)15-22(36(6)7)21-11-9-8-10-12-21/h8-12,22,24,29-30,43-46H,2,13-18H2,1,3-7H3,(H,38,39)(H,40,41)/p-2/t22?,24-,29+,30+,32+,33-,34-,35-/m0/s1. The highest BCUT2D eigenvalue weighted by atomic mass is 16.5. The van der Waals surface area contributed by atoms with E-state index in [9.17, 15) is 49.8 Å². The fourth-order valence-corrected chi connectivity index (χ4v) is 8.87. The maximum Gasteiger partial charge on any atom is 0.308 e. The SMILES string of the molecule is C=C1[C@@H](OC(=O)CC(c2ccccc2)N(C)C)CC[C@]2(C)[C@@H]1[C@@](O)(CC(=O)[O-])[C@]1(O)CC(=O)C(C)=C([C@@H](O)[C@@]2(O)CC(=O)[O-])C1(C)C. The molecule has 4 N–H and O–H groups in total. The molecule has 0 amide bonds. The topological polar surface area (TPSA) is 208 Å². The fourth-order valence-electron chi connectivity index (χ4n) is 8.87. The predicted molar refractivity (Wildman–Crippen MR) is 164 cm³/mol. The van der Waals surface area contributed by atoms with E-state index >= 15 is 0 Å². The van der Waals surface area contributed by atoms with Crippen LogP contribution in [0.3, 0.4) is 0 Å². The van der Waals surface area contributed by atoms with Gasteiger partial charge in [0.1, 0.15) is 29.0 Å². The number of aliphatic hydroxyl groups excluding tert-OH is 1. The number of nitrogens with zero attached hydrogens (tertiary/aromatic N) is 1. The number of carbonyl (C=O) groups is 4. The van der Waals surface area contributed by atoms with Gasteiger partial charge in [-0.15, -0.1) is 0 Å².